The van der Waals surface area contributed by atoms with Crippen molar-refractivity contribution in [2.45, 2.75) is 13.0 Å². The van der Waals surface area contributed by atoms with Gasteiger partial charge in [0.2, 0.25) is 5.88 Å². The van der Waals surface area contributed by atoms with Crippen LogP contribution in [0.3, 0.4) is 0 Å². The number of H-pyrrole nitrogens is 1. The molecule has 1 aliphatic heterocycles. The van der Waals surface area contributed by atoms with Gasteiger partial charge in [0.25, 0.3) is 0 Å². The van der Waals surface area contributed by atoms with E-state index in [1.165, 1.54) is 0 Å². The number of nitrogens with one attached hydrogen (secondary N) is 1. The maximum absolute atomic E-state index is 12.4. The van der Waals surface area contributed by atoms with Gasteiger partial charge in [0.05, 0.1) is 18.7 Å². The number of anilines is 1. The molecule has 3 heterocycles. The van der Waals surface area contributed by atoms with Gasteiger partial charge in [-0.15, -0.1) is 0 Å². The number of nitrogen functional groups attached to an aromatic ring is 1. The van der Waals surface area contributed by atoms with Crippen molar-refractivity contribution < 1.29 is 9.47 Å². The maximum Gasteiger partial charge on any atom is 0.326 e. The molecule has 4 bridgehead atoms. The summed E-state index contributed by atoms with van der Waals surface area (Å²) in [6.07, 6.45) is 4.69. The van der Waals surface area contributed by atoms with Crippen molar-refractivity contribution in [1.82, 2.24) is 14.5 Å². The third-order valence-corrected chi connectivity index (χ3v) is 4.06. The Balaban J connectivity index is 1.85. The molecule has 0 amide bonds. The number of hydrogen-bond acceptors (Lipinski definition) is 5. The molecule has 0 unspecified atom stereocenters. The second kappa shape index (κ2) is 6.35. The molecule has 0 atom stereocenters. The molecular weight excluding hydrogens is 320 g/mol. The van der Waals surface area contributed by atoms with E-state index >= 15 is 0 Å². The zero-order valence-electron chi connectivity index (χ0n) is 13.6. The molecule has 0 aliphatic carbocycles. The Labute approximate surface area is 143 Å². The zero-order chi connectivity index (χ0) is 17.2. The van der Waals surface area contributed by atoms with Crippen LogP contribution in [-0.2, 0) is 6.54 Å². The number of nitrogens with two attached hydrogens (primary N) is 1. The molecule has 0 fully saturated rings. The lowest BCUT2D eigenvalue weighted by Gasteiger charge is -2.08. The van der Waals surface area contributed by atoms with Crippen LogP contribution in [0.2, 0.25) is 0 Å². The Morgan fingerprint density at radius 1 is 1.20 bits per heavy atom. The molecule has 0 saturated carbocycles. The van der Waals surface area contributed by atoms with Gasteiger partial charge in [-0.2, -0.15) is 4.98 Å². The Hall–Kier alpha value is -3.22. The highest BCUT2D eigenvalue weighted by Gasteiger charge is 2.13. The van der Waals surface area contributed by atoms with E-state index in [1.807, 2.05) is 36.4 Å². The van der Waals surface area contributed by atoms with Gasteiger partial charge < -0.3 is 20.2 Å². The molecule has 0 radical (unpaired) electrons. The number of hydrogen-bond donors (Lipinski definition) is 2. The van der Waals surface area contributed by atoms with Crippen LogP contribution in [-0.4, -0.2) is 27.7 Å². The van der Waals surface area contributed by atoms with Crippen molar-refractivity contribution >= 4 is 16.9 Å². The Kier molecular flexibility index (Phi) is 3.89. The van der Waals surface area contributed by atoms with Crippen LogP contribution in [0.25, 0.3) is 11.0 Å². The van der Waals surface area contributed by atoms with Gasteiger partial charge in [0, 0.05) is 6.07 Å². The van der Waals surface area contributed by atoms with Gasteiger partial charge in [0.15, 0.2) is 5.82 Å². The SMILES string of the molecule is Nc1nc2cc3c1[nH]c(=O)n3Cc1cccc(c1)OCCC=CCO2. The van der Waals surface area contributed by atoms with E-state index in [0.717, 1.165) is 17.7 Å². The van der Waals surface area contributed by atoms with E-state index in [4.69, 9.17) is 15.2 Å². The lowest BCUT2D eigenvalue weighted by Crippen LogP contribution is -2.17. The van der Waals surface area contributed by atoms with Gasteiger partial charge >= 0.3 is 5.69 Å². The number of fused-ring (bicyclic) bond motifs is 3. The van der Waals surface area contributed by atoms with Gasteiger partial charge in [-0.25, -0.2) is 4.79 Å². The minimum Gasteiger partial charge on any atom is -0.493 e. The Morgan fingerprint density at radius 2 is 2.12 bits per heavy atom. The minimum atomic E-state index is -0.240. The third kappa shape index (κ3) is 3.08. The first-order chi connectivity index (χ1) is 12.2. The monoisotopic (exact) mass is 338 g/mol. The average Bonchev–Trinajstić information content (AvgIpc) is 2.90. The molecule has 1 aromatic carbocycles. The van der Waals surface area contributed by atoms with Crippen molar-refractivity contribution in [3.8, 4) is 11.6 Å². The quantitative estimate of drug-likeness (QED) is 0.612. The number of imidazole rings is 1. The number of nitrogens with zero attached hydrogens (tertiary/aromatic N) is 2. The minimum absolute atomic E-state index is 0.240. The molecular formula is C18H18N4O3. The molecule has 1 aliphatic rings. The lowest BCUT2D eigenvalue weighted by atomic mass is 10.2. The fourth-order valence-electron chi connectivity index (χ4n) is 2.86. The summed E-state index contributed by atoms with van der Waals surface area (Å²) in [4.78, 5) is 19.4. The standard InChI is InChI=1S/C18H18N4O3/c19-17-16-14-10-15(20-17)25-8-3-1-2-7-24-13-6-4-5-12(9-13)11-22(14)18(23)21-16/h1,3-6,9-10H,2,7-8,11H2,(H2,19,20)(H,21,23). The summed E-state index contributed by atoms with van der Waals surface area (Å²) in [6, 6.07) is 9.46. The highest BCUT2D eigenvalue weighted by molar-refractivity contribution is 5.85. The van der Waals surface area contributed by atoms with E-state index in [2.05, 4.69) is 9.97 Å². The second-order valence-electron chi connectivity index (χ2n) is 5.82. The zero-order valence-corrected chi connectivity index (χ0v) is 13.6. The fourth-order valence-corrected chi connectivity index (χ4v) is 2.86. The molecule has 2 aromatic heterocycles. The maximum atomic E-state index is 12.4. The number of rotatable bonds is 0. The van der Waals surface area contributed by atoms with Crippen LogP contribution >= 0.6 is 0 Å². The molecule has 4 rings (SSSR count). The lowest BCUT2D eigenvalue weighted by molar-refractivity contribution is 0.323. The van der Waals surface area contributed by atoms with Crippen LogP contribution in [0.1, 0.15) is 12.0 Å². The third-order valence-electron chi connectivity index (χ3n) is 4.06. The smallest absolute Gasteiger partial charge is 0.326 e. The summed E-state index contributed by atoms with van der Waals surface area (Å²) < 4.78 is 13.0. The predicted molar refractivity (Wildman–Crippen MR) is 95.1 cm³/mol. The summed E-state index contributed by atoms with van der Waals surface area (Å²) in [7, 11) is 0. The van der Waals surface area contributed by atoms with Crippen molar-refractivity contribution in [3.05, 3.63) is 58.5 Å². The highest BCUT2D eigenvalue weighted by atomic mass is 16.5. The first kappa shape index (κ1) is 15.3. The van der Waals surface area contributed by atoms with Gasteiger partial charge in [0.1, 0.15) is 17.9 Å². The van der Waals surface area contributed by atoms with Gasteiger partial charge in [-0.05, 0) is 24.1 Å². The van der Waals surface area contributed by atoms with Gasteiger partial charge in [-0.3, -0.25) is 4.57 Å². The van der Waals surface area contributed by atoms with E-state index < -0.39 is 0 Å². The van der Waals surface area contributed by atoms with E-state index in [9.17, 15) is 4.79 Å². The van der Waals surface area contributed by atoms with Crippen LogP contribution in [0.4, 0.5) is 5.82 Å². The highest BCUT2D eigenvalue weighted by Crippen LogP contribution is 2.23. The normalized spacial score (nSPS) is 14.6. The van der Waals surface area contributed by atoms with Crippen molar-refractivity contribution in [2.24, 2.45) is 0 Å². The molecule has 3 aromatic rings. The summed E-state index contributed by atoms with van der Waals surface area (Å²) in [6.45, 7) is 1.35. The van der Waals surface area contributed by atoms with E-state index in [-0.39, 0.29) is 11.5 Å². The van der Waals surface area contributed by atoms with E-state index in [0.29, 0.717) is 36.7 Å². The predicted octanol–water partition coefficient (Wildman–Crippen LogP) is 2.07. The largest absolute Gasteiger partial charge is 0.493 e. The topological polar surface area (TPSA) is 95.2 Å². The van der Waals surface area contributed by atoms with Crippen molar-refractivity contribution in [3.63, 3.8) is 0 Å². The summed E-state index contributed by atoms with van der Waals surface area (Å²) >= 11 is 0. The van der Waals surface area contributed by atoms with Crippen LogP contribution < -0.4 is 20.9 Å². The first-order valence-electron chi connectivity index (χ1n) is 8.09. The molecule has 25 heavy (non-hydrogen) atoms. The molecule has 3 N–H and O–H groups in total. The molecule has 128 valence electrons. The summed E-state index contributed by atoms with van der Waals surface area (Å²) in [5.41, 5.74) is 7.89. The van der Waals surface area contributed by atoms with Crippen LogP contribution in [0, 0.1) is 0 Å². The number of pyridine rings is 1. The number of aromatic nitrogens is 3. The molecule has 0 spiro atoms. The molecule has 0 saturated heterocycles. The second-order valence-corrected chi connectivity index (χ2v) is 5.82. The fraction of sp³-hybridized carbons (Fsp3) is 0.222. The molecule has 7 nitrogen and oxygen atoms in total. The summed E-state index contributed by atoms with van der Waals surface area (Å²) in [5.74, 6) is 1.42. The Morgan fingerprint density at radius 3 is 3.04 bits per heavy atom. The van der Waals surface area contributed by atoms with E-state index in [1.54, 1.807) is 10.6 Å². The first-order valence-corrected chi connectivity index (χ1v) is 8.09. The van der Waals surface area contributed by atoms with Gasteiger partial charge in [-0.1, -0.05) is 24.3 Å². The van der Waals surface area contributed by atoms with Crippen molar-refractivity contribution in [1.29, 1.82) is 0 Å². The van der Waals surface area contributed by atoms with Crippen LogP contribution in [0.5, 0.6) is 11.6 Å². The summed E-state index contributed by atoms with van der Waals surface area (Å²) in [5, 5.41) is 0. The average molecular weight is 338 g/mol. The van der Waals surface area contributed by atoms with Crippen LogP contribution in [0.15, 0.2) is 47.3 Å². The van der Waals surface area contributed by atoms with Crippen molar-refractivity contribution in [2.75, 3.05) is 18.9 Å². The number of aromatic amines is 1. The Bertz CT molecular complexity index is 1000. The molecule has 7 heteroatoms. The number of ether oxygens (including phenoxy) is 2. The number of benzene rings is 1.